The second-order valence-corrected chi connectivity index (χ2v) is 11.9. The Kier molecular flexibility index (Phi) is 8.71. The van der Waals surface area contributed by atoms with Gasteiger partial charge in [0.2, 0.25) is 11.8 Å². The molecule has 1 aliphatic carbocycles. The average Bonchev–Trinajstić information content (AvgIpc) is 3.39. The van der Waals surface area contributed by atoms with Gasteiger partial charge in [0.25, 0.3) is 5.24 Å². The van der Waals surface area contributed by atoms with E-state index >= 15 is 0 Å². The van der Waals surface area contributed by atoms with Crippen molar-refractivity contribution in [3.63, 3.8) is 0 Å². The van der Waals surface area contributed by atoms with Crippen molar-refractivity contribution < 1.29 is 18.7 Å². The average molecular weight is 499 g/mol. The molecular weight excluding hydrogens is 460 g/mol. The summed E-state index contributed by atoms with van der Waals surface area (Å²) in [7, 11) is 0. The summed E-state index contributed by atoms with van der Waals surface area (Å²) in [5, 5.41) is 1.94. The minimum absolute atomic E-state index is 0.138. The first-order chi connectivity index (χ1) is 16.8. The van der Waals surface area contributed by atoms with Crippen LogP contribution in [0.5, 0.6) is 0 Å². The first-order valence-corrected chi connectivity index (χ1v) is 13.9. The Morgan fingerprint density at radius 1 is 1.11 bits per heavy atom. The van der Waals surface area contributed by atoms with Gasteiger partial charge in [0.1, 0.15) is 11.5 Å². The van der Waals surface area contributed by atoms with Crippen LogP contribution in [0.15, 0.2) is 28.7 Å². The molecule has 7 heteroatoms. The van der Waals surface area contributed by atoms with Crippen LogP contribution in [0.2, 0.25) is 0 Å². The molecule has 0 radical (unpaired) electrons. The summed E-state index contributed by atoms with van der Waals surface area (Å²) >= 11 is 1.13. The lowest BCUT2D eigenvalue weighted by molar-refractivity contribution is -0.119. The van der Waals surface area contributed by atoms with Crippen molar-refractivity contribution in [2.24, 2.45) is 11.8 Å². The first-order valence-electron chi connectivity index (χ1n) is 13.0. The number of imide groups is 1. The van der Waals surface area contributed by atoms with Crippen molar-refractivity contribution in [3.8, 4) is 11.5 Å². The van der Waals surface area contributed by atoms with Crippen LogP contribution in [0.4, 0.5) is 4.79 Å². The summed E-state index contributed by atoms with van der Waals surface area (Å²) in [6, 6.07) is 8.52. The van der Waals surface area contributed by atoms with Crippen molar-refractivity contribution in [1.29, 1.82) is 0 Å². The molecule has 1 saturated carbocycles. The smallest absolute Gasteiger partial charge is 0.286 e. The lowest BCUT2D eigenvalue weighted by Gasteiger charge is -2.29. The van der Waals surface area contributed by atoms with Gasteiger partial charge < -0.3 is 9.15 Å². The van der Waals surface area contributed by atoms with Crippen LogP contribution >= 0.6 is 11.8 Å². The van der Waals surface area contributed by atoms with Crippen molar-refractivity contribution in [2.45, 2.75) is 96.5 Å². The van der Waals surface area contributed by atoms with Gasteiger partial charge in [-0.15, -0.1) is 0 Å². The largest absolute Gasteiger partial charge is 0.441 e. The molecule has 6 nitrogen and oxygen atoms in total. The molecular formula is C28H38N2O4S. The van der Waals surface area contributed by atoms with E-state index in [-0.39, 0.29) is 28.4 Å². The minimum Gasteiger partial charge on any atom is -0.441 e. The third kappa shape index (κ3) is 6.98. The van der Waals surface area contributed by atoms with Crippen molar-refractivity contribution in [2.75, 3.05) is 0 Å². The number of nitrogens with one attached hydrogen (secondary N) is 1. The standard InChI is InChI=1S/C28H38N2O4S/c1-17(2)14-20-8-11-21(12-9-20)27-29-23(25(34-27)18(3)4)16-33-22-7-5-6-19(15-22)10-13-24-26(31)30-28(32)35-24/h8-9,11-12,17-19,22,24H,5-7,10,13-16H2,1-4H3,(H,30,31,32)/t19-,22?,24?/m0/s1. The van der Waals surface area contributed by atoms with E-state index in [1.54, 1.807) is 0 Å². The van der Waals surface area contributed by atoms with Crippen LogP contribution in [0.25, 0.3) is 11.5 Å². The van der Waals surface area contributed by atoms with Crippen molar-refractivity contribution in [3.05, 3.63) is 41.3 Å². The molecule has 2 heterocycles. The molecule has 35 heavy (non-hydrogen) atoms. The molecule has 2 unspecified atom stereocenters. The summed E-state index contributed by atoms with van der Waals surface area (Å²) in [6.07, 6.45) is 7.29. The highest BCUT2D eigenvalue weighted by Gasteiger charge is 2.32. The molecule has 1 aliphatic heterocycles. The third-order valence-corrected chi connectivity index (χ3v) is 7.94. The summed E-state index contributed by atoms with van der Waals surface area (Å²) in [6.45, 7) is 9.16. The third-order valence-electron chi connectivity index (χ3n) is 6.89. The Hall–Kier alpha value is -2.12. The van der Waals surface area contributed by atoms with Gasteiger partial charge in [-0.05, 0) is 61.6 Å². The number of hydrogen-bond donors (Lipinski definition) is 1. The predicted molar refractivity (Wildman–Crippen MR) is 139 cm³/mol. The Morgan fingerprint density at radius 2 is 1.89 bits per heavy atom. The molecule has 2 fully saturated rings. The van der Waals surface area contributed by atoms with Gasteiger partial charge in [0.15, 0.2) is 0 Å². The van der Waals surface area contributed by atoms with Gasteiger partial charge in [0, 0.05) is 11.5 Å². The molecule has 1 aromatic carbocycles. The van der Waals surface area contributed by atoms with E-state index in [4.69, 9.17) is 14.1 Å². The maximum absolute atomic E-state index is 11.8. The number of carbonyl (C=O) groups is 2. The van der Waals surface area contributed by atoms with E-state index in [1.165, 1.54) is 5.56 Å². The van der Waals surface area contributed by atoms with Crippen LogP contribution in [-0.2, 0) is 22.6 Å². The maximum Gasteiger partial charge on any atom is 0.286 e. The molecule has 0 spiro atoms. The lowest BCUT2D eigenvalue weighted by atomic mass is 9.84. The summed E-state index contributed by atoms with van der Waals surface area (Å²) in [5.74, 6) is 2.80. The number of amides is 2. The van der Waals surface area contributed by atoms with E-state index in [0.29, 0.717) is 24.3 Å². The fraction of sp³-hybridized carbons (Fsp3) is 0.607. The number of thioether (sulfide) groups is 1. The number of oxazole rings is 1. The second kappa shape index (κ2) is 11.7. The first kappa shape index (κ1) is 26.0. The van der Waals surface area contributed by atoms with Gasteiger partial charge in [-0.1, -0.05) is 64.4 Å². The zero-order chi connectivity index (χ0) is 24.9. The molecule has 1 saturated heterocycles. The molecule has 1 aromatic heterocycles. The Morgan fingerprint density at radius 3 is 2.54 bits per heavy atom. The van der Waals surface area contributed by atoms with E-state index < -0.39 is 0 Å². The molecule has 190 valence electrons. The van der Waals surface area contributed by atoms with Crippen LogP contribution < -0.4 is 5.32 Å². The lowest BCUT2D eigenvalue weighted by Crippen LogP contribution is -2.26. The summed E-state index contributed by atoms with van der Waals surface area (Å²) in [4.78, 5) is 28.1. The number of rotatable bonds is 10. The predicted octanol–water partition coefficient (Wildman–Crippen LogP) is 6.87. The summed E-state index contributed by atoms with van der Waals surface area (Å²) < 4.78 is 12.6. The van der Waals surface area contributed by atoms with Gasteiger partial charge in [0.05, 0.1) is 18.0 Å². The Balaban J connectivity index is 1.34. The van der Waals surface area contributed by atoms with Crippen LogP contribution in [0.3, 0.4) is 0 Å². The van der Waals surface area contributed by atoms with Gasteiger partial charge >= 0.3 is 0 Å². The number of hydrogen-bond acceptors (Lipinski definition) is 6. The number of carbonyl (C=O) groups excluding carboxylic acids is 2. The van der Waals surface area contributed by atoms with E-state index in [2.05, 4.69) is 57.3 Å². The highest BCUT2D eigenvalue weighted by molar-refractivity contribution is 8.15. The Bertz CT molecular complexity index is 1010. The fourth-order valence-electron chi connectivity index (χ4n) is 5.12. The van der Waals surface area contributed by atoms with Crippen LogP contribution in [0, 0.1) is 11.8 Å². The van der Waals surface area contributed by atoms with E-state index in [9.17, 15) is 9.59 Å². The molecule has 4 rings (SSSR count). The number of aromatic nitrogens is 1. The molecule has 3 atom stereocenters. The van der Waals surface area contributed by atoms with Gasteiger partial charge in [-0.2, -0.15) is 0 Å². The van der Waals surface area contributed by atoms with Crippen LogP contribution in [-0.4, -0.2) is 27.5 Å². The highest BCUT2D eigenvalue weighted by atomic mass is 32.2. The number of ether oxygens (including phenoxy) is 1. The van der Waals surface area contributed by atoms with Crippen molar-refractivity contribution in [1.82, 2.24) is 10.3 Å². The zero-order valence-corrected chi connectivity index (χ0v) is 22.2. The van der Waals surface area contributed by atoms with Crippen molar-refractivity contribution >= 4 is 22.9 Å². The number of nitrogens with zero attached hydrogens (tertiary/aromatic N) is 1. The van der Waals surface area contributed by atoms with E-state index in [0.717, 1.165) is 73.7 Å². The van der Waals surface area contributed by atoms with Gasteiger partial charge in [-0.3, -0.25) is 14.9 Å². The molecule has 2 amide bonds. The van der Waals surface area contributed by atoms with Gasteiger partial charge in [-0.25, -0.2) is 4.98 Å². The Labute approximate surface area is 213 Å². The monoisotopic (exact) mass is 498 g/mol. The molecule has 0 bridgehead atoms. The minimum atomic E-state index is -0.231. The van der Waals surface area contributed by atoms with E-state index in [1.807, 2.05) is 0 Å². The highest BCUT2D eigenvalue weighted by Crippen LogP contribution is 2.34. The maximum atomic E-state index is 11.8. The summed E-state index contributed by atoms with van der Waals surface area (Å²) in [5.41, 5.74) is 3.21. The molecule has 2 aliphatic rings. The second-order valence-electron chi connectivity index (χ2n) is 10.7. The quantitative estimate of drug-likeness (QED) is 0.385. The SMILES string of the molecule is CC(C)Cc1ccc(-c2nc(COC3CCC[C@@H](CCC4SC(=O)NC4=O)C3)c(C(C)C)o2)cc1. The van der Waals surface area contributed by atoms with Crippen LogP contribution in [0.1, 0.15) is 89.2 Å². The molecule has 2 aromatic rings. The normalized spacial score (nSPS) is 22.9. The fourth-order valence-corrected chi connectivity index (χ4v) is 5.96. The topological polar surface area (TPSA) is 81.4 Å². The zero-order valence-electron chi connectivity index (χ0n) is 21.3. The molecule has 1 N–H and O–H groups in total. The number of benzene rings is 1.